The molecule has 1 heterocycles. The Hall–Kier alpha value is -2.88. The van der Waals surface area contributed by atoms with E-state index in [9.17, 15) is 4.79 Å². The van der Waals surface area contributed by atoms with Gasteiger partial charge in [-0.1, -0.05) is 19.1 Å². The number of aryl methyl sites for hydroxylation is 1. The zero-order valence-electron chi connectivity index (χ0n) is 14.0. The Kier molecular flexibility index (Phi) is 5.90. The summed E-state index contributed by atoms with van der Waals surface area (Å²) in [5.41, 5.74) is 0.371. The smallest absolute Gasteiger partial charge is 0.347 e. The van der Waals surface area contributed by atoms with Gasteiger partial charge in [0, 0.05) is 6.54 Å². The molecule has 0 aliphatic rings. The van der Waals surface area contributed by atoms with E-state index in [1.807, 2.05) is 17.6 Å². The van der Waals surface area contributed by atoms with Crippen molar-refractivity contribution in [1.29, 1.82) is 5.26 Å². The molecule has 7 heteroatoms. The molecule has 0 spiro atoms. The summed E-state index contributed by atoms with van der Waals surface area (Å²) < 4.78 is 12.7. The fourth-order valence-electron chi connectivity index (χ4n) is 2.20. The number of rotatable bonds is 7. The summed E-state index contributed by atoms with van der Waals surface area (Å²) in [6.45, 7) is 6.30. The molecule has 0 bridgehead atoms. The van der Waals surface area contributed by atoms with E-state index in [-0.39, 0.29) is 6.61 Å². The van der Waals surface area contributed by atoms with Crippen LogP contribution >= 0.6 is 0 Å². The van der Waals surface area contributed by atoms with Crippen LogP contribution in [0.3, 0.4) is 0 Å². The van der Waals surface area contributed by atoms with Crippen molar-refractivity contribution in [2.75, 3.05) is 0 Å². The van der Waals surface area contributed by atoms with Crippen molar-refractivity contribution in [3.05, 3.63) is 41.5 Å². The molecule has 2 aromatic rings. The van der Waals surface area contributed by atoms with Gasteiger partial charge in [-0.2, -0.15) is 5.26 Å². The number of nitriles is 1. The van der Waals surface area contributed by atoms with Gasteiger partial charge in [-0.3, -0.25) is 0 Å². The van der Waals surface area contributed by atoms with Crippen LogP contribution in [-0.2, 0) is 22.7 Å². The molecule has 1 aromatic heterocycles. The Bertz CT molecular complexity index is 749. The SMILES string of the molecule is CCCn1c(C)nnc1COC(=O)[C@H](C)Oc1ccccc1C#N. The maximum absolute atomic E-state index is 12.1. The maximum Gasteiger partial charge on any atom is 0.347 e. The predicted molar refractivity (Wildman–Crippen MR) is 86.1 cm³/mol. The van der Waals surface area contributed by atoms with Crippen LogP contribution in [0.5, 0.6) is 5.75 Å². The fraction of sp³-hybridized carbons (Fsp3) is 0.412. The van der Waals surface area contributed by atoms with E-state index in [1.165, 1.54) is 0 Å². The quantitative estimate of drug-likeness (QED) is 0.725. The molecule has 0 unspecified atom stereocenters. The van der Waals surface area contributed by atoms with Crippen LogP contribution in [0.25, 0.3) is 0 Å². The van der Waals surface area contributed by atoms with Crippen molar-refractivity contribution in [2.24, 2.45) is 0 Å². The van der Waals surface area contributed by atoms with E-state index in [2.05, 4.69) is 17.1 Å². The second-order valence-corrected chi connectivity index (χ2v) is 5.29. The van der Waals surface area contributed by atoms with Crippen LogP contribution < -0.4 is 4.74 Å². The second-order valence-electron chi connectivity index (χ2n) is 5.29. The number of carbonyl (C=O) groups is 1. The van der Waals surface area contributed by atoms with E-state index in [0.717, 1.165) is 18.8 Å². The lowest BCUT2D eigenvalue weighted by Crippen LogP contribution is -2.26. The first kappa shape index (κ1) is 17.5. The highest BCUT2D eigenvalue weighted by molar-refractivity contribution is 5.74. The lowest BCUT2D eigenvalue weighted by Gasteiger charge is -2.15. The molecular weight excluding hydrogens is 308 g/mol. The van der Waals surface area contributed by atoms with Gasteiger partial charge in [0.05, 0.1) is 5.56 Å². The van der Waals surface area contributed by atoms with Gasteiger partial charge in [-0.15, -0.1) is 10.2 Å². The van der Waals surface area contributed by atoms with Crippen LogP contribution in [0, 0.1) is 18.3 Å². The first-order chi connectivity index (χ1) is 11.6. The Labute approximate surface area is 140 Å². The molecule has 2 rings (SSSR count). The summed E-state index contributed by atoms with van der Waals surface area (Å²) in [5.74, 6) is 1.23. The van der Waals surface area contributed by atoms with E-state index < -0.39 is 12.1 Å². The Morgan fingerprint density at radius 2 is 2.12 bits per heavy atom. The van der Waals surface area contributed by atoms with Crippen molar-refractivity contribution in [3.8, 4) is 11.8 Å². The third kappa shape index (κ3) is 4.10. The van der Waals surface area contributed by atoms with Gasteiger partial charge in [0.2, 0.25) is 0 Å². The molecule has 1 aromatic carbocycles. The largest absolute Gasteiger partial charge is 0.478 e. The standard InChI is InChI=1S/C17H20N4O3/c1-4-9-21-13(3)19-20-16(21)11-23-17(22)12(2)24-15-8-6-5-7-14(15)10-18/h5-8,12H,4,9,11H2,1-3H3/t12-/m0/s1. The van der Waals surface area contributed by atoms with Crippen molar-refractivity contribution in [1.82, 2.24) is 14.8 Å². The number of benzene rings is 1. The van der Waals surface area contributed by atoms with Gasteiger partial charge in [0.15, 0.2) is 18.5 Å². The lowest BCUT2D eigenvalue weighted by molar-refractivity contribution is -0.152. The van der Waals surface area contributed by atoms with Crippen molar-refractivity contribution in [2.45, 2.75) is 46.4 Å². The highest BCUT2D eigenvalue weighted by Crippen LogP contribution is 2.18. The van der Waals surface area contributed by atoms with Gasteiger partial charge in [-0.25, -0.2) is 4.79 Å². The molecule has 126 valence electrons. The Balaban J connectivity index is 1.96. The number of aromatic nitrogens is 3. The van der Waals surface area contributed by atoms with Crippen molar-refractivity contribution < 1.29 is 14.3 Å². The Morgan fingerprint density at radius 3 is 2.83 bits per heavy atom. The van der Waals surface area contributed by atoms with Gasteiger partial charge in [-0.05, 0) is 32.4 Å². The normalized spacial score (nSPS) is 11.6. The van der Waals surface area contributed by atoms with E-state index >= 15 is 0 Å². The molecule has 0 aliphatic heterocycles. The van der Waals surface area contributed by atoms with E-state index in [4.69, 9.17) is 14.7 Å². The number of hydrogen-bond acceptors (Lipinski definition) is 6. The van der Waals surface area contributed by atoms with Crippen LogP contribution in [0.1, 0.15) is 37.5 Å². The zero-order valence-corrected chi connectivity index (χ0v) is 14.0. The number of para-hydroxylation sites is 1. The second kappa shape index (κ2) is 8.11. The third-order valence-electron chi connectivity index (χ3n) is 3.45. The van der Waals surface area contributed by atoms with Crippen molar-refractivity contribution in [3.63, 3.8) is 0 Å². The van der Waals surface area contributed by atoms with Crippen molar-refractivity contribution >= 4 is 5.97 Å². The molecule has 0 saturated carbocycles. The fourth-order valence-corrected chi connectivity index (χ4v) is 2.20. The summed E-state index contributed by atoms with van der Waals surface area (Å²) in [5, 5.41) is 17.1. The average molecular weight is 328 g/mol. The summed E-state index contributed by atoms with van der Waals surface area (Å²) >= 11 is 0. The molecule has 0 radical (unpaired) electrons. The van der Waals surface area contributed by atoms with Gasteiger partial charge in [0.1, 0.15) is 17.6 Å². The summed E-state index contributed by atoms with van der Waals surface area (Å²) in [7, 11) is 0. The average Bonchev–Trinajstić information content (AvgIpc) is 2.93. The van der Waals surface area contributed by atoms with Crippen LogP contribution in [0.4, 0.5) is 0 Å². The molecule has 1 atom stereocenters. The van der Waals surface area contributed by atoms with Crippen LogP contribution in [-0.4, -0.2) is 26.8 Å². The number of hydrogen-bond donors (Lipinski definition) is 0. The molecule has 0 N–H and O–H groups in total. The predicted octanol–water partition coefficient (Wildman–Crippen LogP) is 2.38. The highest BCUT2D eigenvalue weighted by Gasteiger charge is 2.19. The zero-order chi connectivity index (χ0) is 17.5. The van der Waals surface area contributed by atoms with Gasteiger partial charge < -0.3 is 14.0 Å². The molecule has 24 heavy (non-hydrogen) atoms. The third-order valence-corrected chi connectivity index (χ3v) is 3.45. The Morgan fingerprint density at radius 1 is 1.38 bits per heavy atom. The first-order valence-corrected chi connectivity index (χ1v) is 7.78. The van der Waals surface area contributed by atoms with E-state index in [1.54, 1.807) is 31.2 Å². The first-order valence-electron chi connectivity index (χ1n) is 7.78. The van der Waals surface area contributed by atoms with Gasteiger partial charge >= 0.3 is 5.97 Å². The van der Waals surface area contributed by atoms with Gasteiger partial charge in [0.25, 0.3) is 0 Å². The number of carbonyl (C=O) groups excluding carboxylic acids is 1. The number of ether oxygens (including phenoxy) is 2. The number of esters is 1. The number of nitrogens with zero attached hydrogens (tertiary/aromatic N) is 4. The minimum atomic E-state index is -0.830. The van der Waals surface area contributed by atoms with Crippen LogP contribution in [0.2, 0.25) is 0 Å². The highest BCUT2D eigenvalue weighted by atomic mass is 16.6. The summed E-state index contributed by atoms with van der Waals surface area (Å²) in [6.07, 6.45) is 0.104. The molecule has 0 fully saturated rings. The van der Waals surface area contributed by atoms with Crippen LogP contribution in [0.15, 0.2) is 24.3 Å². The minimum Gasteiger partial charge on any atom is -0.478 e. The monoisotopic (exact) mass is 328 g/mol. The summed E-state index contributed by atoms with van der Waals surface area (Å²) in [4.78, 5) is 12.1. The maximum atomic E-state index is 12.1. The molecule has 0 amide bonds. The summed E-state index contributed by atoms with van der Waals surface area (Å²) in [6, 6.07) is 8.77. The topological polar surface area (TPSA) is 90.0 Å². The minimum absolute atomic E-state index is 0.0350. The van der Waals surface area contributed by atoms with E-state index in [0.29, 0.717) is 17.1 Å². The molecule has 0 saturated heterocycles. The molecule has 7 nitrogen and oxygen atoms in total. The molecular formula is C17H20N4O3. The molecule has 0 aliphatic carbocycles. The lowest BCUT2D eigenvalue weighted by atomic mass is 10.2.